The molecule has 0 aliphatic rings. The van der Waals surface area contributed by atoms with E-state index in [1.165, 1.54) is 17.4 Å². The molecule has 72 valence electrons. The van der Waals surface area contributed by atoms with E-state index in [0.717, 1.165) is 16.3 Å². The van der Waals surface area contributed by atoms with Crippen LogP contribution in [0.25, 0.3) is 10.6 Å². The number of benzene rings is 1. The number of hydrogen-bond donors (Lipinski definition) is 0. The standard InChI is InChI=1S/C11H10FNS/c1-7-3-4-10(12)9(5-7)11-13-8(2)6-14-11/h3-6H,1-2H3. The molecule has 0 spiro atoms. The zero-order valence-corrected chi connectivity index (χ0v) is 8.86. The van der Waals surface area contributed by atoms with Gasteiger partial charge in [-0.15, -0.1) is 11.3 Å². The van der Waals surface area contributed by atoms with Gasteiger partial charge in [0.15, 0.2) is 0 Å². The van der Waals surface area contributed by atoms with Gasteiger partial charge in [0.1, 0.15) is 10.8 Å². The van der Waals surface area contributed by atoms with Gasteiger partial charge in [0.25, 0.3) is 0 Å². The lowest BCUT2D eigenvalue weighted by atomic mass is 10.1. The number of nitrogens with zero attached hydrogens (tertiary/aromatic N) is 1. The fraction of sp³-hybridized carbons (Fsp3) is 0.182. The summed E-state index contributed by atoms with van der Waals surface area (Å²) in [6, 6.07) is 5.08. The van der Waals surface area contributed by atoms with Crippen molar-refractivity contribution < 1.29 is 4.39 Å². The Morgan fingerprint density at radius 1 is 1.29 bits per heavy atom. The lowest BCUT2D eigenvalue weighted by Gasteiger charge is -1.99. The third-order valence-electron chi connectivity index (χ3n) is 1.97. The summed E-state index contributed by atoms with van der Waals surface area (Å²) in [4.78, 5) is 4.26. The van der Waals surface area contributed by atoms with Crippen molar-refractivity contribution in [3.05, 3.63) is 40.7 Å². The Bertz CT molecular complexity index is 462. The third kappa shape index (κ3) is 1.68. The van der Waals surface area contributed by atoms with Crippen LogP contribution in [0.2, 0.25) is 0 Å². The maximum absolute atomic E-state index is 13.4. The molecule has 0 bridgehead atoms. The zero-order valence-electron chi connectivity index (χ0n) is 8.04. The minimum Gasteiger partial charge on any atom is -0.241 e. The fourth-order valence-electron chi connectivity index (χ4n) is 1.28. The predicted octanol–water partition coefficient (Wildman–Crippen LogP) is 3.57. The minimum atomic E-state index is -0.204. The molecular formula is C11H10FNS. The van der Waals surface area contributed by atoms with Crippen molar-refractivity contribution in [3.63, 3.8) is 0 Å². The van der Waals surface area contributed by atoms with Crippen LogP contribution in [-0.4, -0.2) is 4.98 Å². The van der Waals surface area contributed by atoms with Gasteiger partial charge < -0.3 is 0 Å². The van der Waals surface area contributed by atoms with Crippen molar-refractivity contribution in [3.8, 4) is 10.6 Å². The van der Waals surface area contributed by atoms with Crippen LogP contribution in [0.15, 0.2) is 23.6 Å². The normalized spacial score (nSPS) is 10.5. The van der Waals surface area contributed by atoms with Crippen molar-refractivity contribution in [1.29, 1.82) is 0 Å². The van der Waals surface area contributed by atoms with E-state index in [-0.39, 0.29) is 5.82 Å². The van der Waals surface area contributed by atoms with Gasteiger partial charge in [0.2, 0.25) is 0 Å². The molecule has 0 aliphatic heterocycles. The first-order valence-electron chi connectivity index (χ1n) is 4.35. The van der Waals surface area contributed by atoms with Crippen LogP contribution in [-0.2, 0) is 0 Å². The van der Waals surface area contributed by atoms with E-state index in [4.69, 9.17) is 0 Å². The van der Waals surface area contributed by atoms with E-state index in [9.17, 15) is 4.39 Å². The highest BCUT2D eigenvalue weighted by Gasteiger charge is 2.08. The van der Waals surface area contributed by atoms with E-state index >= 15 is 0 Å². The molecule has 0 radical (unpaired) electrons. The van der Waals surface area contributed by atoms with Crippen LogP contribution in [0, 0.1) is 19.7 Å². The highest BCUT2D eigenvalue weighted by Crippen LogP contribution is 2.26. The molecule has 0 fully saturated rings. The molecular weight excluding hydrogens is 197 g/mol. The summed E-state index contributed by atoms with van der Waals surface area (Å²) in [6.07, 6.45) is 0. The van der Waals surface area contributed by atoms with Crippen molar-refractivity contribution >= 4 is 11.3 Å². The molecule has 0 amide bonds. The van der Waals surface area contributed by atoms with Gasteiger partial charge in [-0.05, 0) is 26.0 Å². The zero-order chi connectivity index (χ0) is 10.1. The van der Waals surface area contributed by atoms with Crippen LogP contribution >= 0.6 is 11.3 Å². The maximum Gasteiger partial charge on any atom is 0.133 e. The number of halogens is 1. The van der Waals surface area contributed by atoms with Gasteiger partial charge in [0, 0.05) is 16.6 Å². The smallest absolute Gasteiger partial charge is 0.133 e. The van der Waals surface area contributed by atoms with Gasteiger partial charge in [-0.2, -0.15) is 0 Å². The highest BCUT2D eigenvalue weighted by molar-refractivity contribution is 7.13. The first-order valence-corrected chi connectivity index (χ1v) is 5.23. The summed E-state index contributed by atoms with van der Waals surface area (Å²) in [7, 11) is 0. The van der Waals surface area contributed by atoms with Gasteiger partial charge in [-0.3, -0.25) is 0 Å². The van der Waals surface area contributed by atoms with Gasteiger partial charge in [0.05, 0.1) is 0 Å². The second kappa shape index (κ2) is 3.50. The van der Waals surface area contributed by atoms with Crippen LogP contribution in [0.1, 0.15) is 11.3 Å². The van der Waals surface area contributed by atoms with Crippen LogP contribution in [0.5, 0.6) is 0 Å². The van der Waals surface area contributed by atoms with Crippen LogP contribution in [0.4, 0.5) is 4.39 Å². The molecule has 1 aromatic heterocycles. The van der Waals surface area contributed by atoms with Crippen LogP contribution < -0.4 is 0 Å². The molecule has 2 rings (SSSR count). The predicted molar refractivity (Wildman–Crippen MR) is 57.0 cm³/mol. The summed E-state index contributed by atoms with van der Waals surface area (Å²) in [5.74, 6) is -0.204. The molecule has 0 N–H and O–H groups in total. The van der Waals surface area contributed by atoms with Gasteiger partial charge in [-0.1, -0.05) is 11.6 Å². The highest BCUT2D eigenvalue weighted by atomic mass is 32.1. The Balaban J connectivity index is 2.55. The molecule has 0 saturated carbocycles. The van der Waals surface area contributed by atoms with Gasteiger partial charge in [-0.25, -0.2) is 9.37 Å². The summed E-state index contributed by atoms with van der Waals surface area (Å²) in [5.41, 5.74) is 2.59. The van der Waals surface area contributed by atoms with Crippen molar-refractivity contribution in [2.75, 3.05) is 0 Å². The van der Waals surface area contributed by atoms with Crippen molar-refractivity contribution in [1.82, 2.24) is 4.98 Å². The summed E-state index contributed by atoms with van der Waals surface area (Å²) >= 11 is 1.47. The summed E-state index contributed by atoms with van der Waals surface area (Å²) in [6.45, 7) is 3.86. The molecule has 14 heavy (non-hydrogen) atoms. The number of hydrogen-bond acceptors (Lipinski definition) is 2. The molecule has 0 atom stereocenters. The monoisotopic (exact) mass is 207 g/mol. The average Bonchev–Trinajstić information content (AvgIpc) is 2.56. The van der Waals surface area contributed by atoms with Crippen molar-refractivity contribution in [2.24, 2.45) is 0 Å². The number of thiazole rings is 1. The number of aromatic nitrogens is 1. The first-order chi connectivity index (χ1) is 6.66. The van der Waals surface area contributed by atoms with Gasteiger partial charge >= 0.3 is 0 Å². The molecule has 0 aliphatic carbocycles. The Morgan fingerprint density at radius 2 is 2.07 bits per heavy atom. The second-order valence-corrected chi connectivity index (χ2v) is 4.14. The molecule has 0 saturated heterocycles. The molecule has 1 nitrogen and oxygen atoms in total. The van der Waals surface area contributed by atoms with E-state index in [1.807, 2.05) is 25.3 Å². The fourth-order valence-corrected chi connectivity index (χ4v) is 2.10. The van der Waals surface area contributed by atoms with Crippen LogP contribution in [0.3, 0.4) is 0 Å². The minimum absolute atomic E-state index is 0.204. The first kappa shape index (κ1) is 9.34. The van der Waals surface area contributed by atoms with E-state index in [2.05, 4.69) is 4.98 Å². The quantitative estimate of drug-likeness (QED) is 0.696. The lowest BCUT2D eigenvalue weighted by molar-refractivity contribution is 0.631. The Kier molecular flexibility index (Phi) is 2.33. The Labute approximate surface area is 86.2 Å². The van der Waals surface area contributed by atoms with E-state index in [0.29, 0.717) is 5.56 Å². The topological polar surface area (TPSA) is 12.9 Å². The molecule has 1 heterocycles. The lowest BCUT2D eigenvalue weighted by Crippen LogP contribution is -1.85. The van der Waals surface area contributed by atoms with Crippen molar-refractivity contribution in [2.45, 2.75) is 13.8 Å². The molecule has 2 aromatic rings. The SMILES string of the molecule is Cc1ccc(F)c(-c2nc(C)cs2)c1. The average molecular weight is 207 g/mol. The van der Waals surface area contributed by atoms with E-state index < -0.39 is 0 Å². The molecule has 1 aromatic carbocycles. The summed E-state index contributed by atoms with van der Waals surface area (Å²) in [5, 5.41) is 2.68. The maximum atomic E-state index is 13.4. The van der Waals surface area contributed by atoms with E-state index in [1.54, 1.807) is 6.07 Å². The number of rotatable bonds is 1. The largest absolute Gasteiger partial charge is 0.241 e. The Hall–Kier alpha value is -1.22. The number of aryl methyl sites for hydroxylation is 2. The second-order valence-electron chi connectivity index (χ2n) is 3.28. The summed E-state index contributed by atoms with van der Waals surface area (Å²) < 4.78 is 13.4. The molecule has 3 heteroatoms. The third-order valence-corrected chi connectivity index (χ3v) is 2.96. The Morgan fingerprint density at radius 3 is 2.71 bits per heavy atom. The molecule has 0 unspecified atom stereocenters.